The SMILES string of the molecule is COc1cnc(C)cc1NCc1ccccc1O. The van der Waals surface area contributed by atoms with Gasteiger partial charge in [-0.25, -0.2) is 0 Å². The molecular weight excluding hydrogens is 228 g/mol. The van der Waals surface area contributed by atoms with E-state index in [2.05, 4.69) is 10.3 Å². The second-order valence-electron chi connectivity index (χ2n) is 4.01. The molecule has 2 aromatic rings. The number of hydrogen-bond donors (Lipinski definition) is 2. The molecule has 0 radical (unpaired) electrons. The van der Waals surface area contributed by atoms with Crippen LogP contribution in [0.3, 0.4) is 0 Å². The first-order valence-electron chi connectivity index (χ1n) is 5.72. The Bertz CT molecular complexity index is 541. The number of benzene rings is 1. The van der Waals surface area contributed by atoms with E-state index in [9.17, 15) is 5.11 Å². The molecular formula is C14H16N2O2. The van der Waals surface area contributed by atoms with Crippen molar-refractivity contribution in [1.29, 1.82) is 0 Å². The van der Waals surface area contributed by atoms with Crippen molar-refractivity contribution in [2.45, 2.75) is 13.5 Å². The van der Waals surface area contributed by atoms with Crippen molar-refractivity contribution >= 4 is 5.69 Å². The third kappa shape index (κ3) is 2.71. The molecule has 0 saturated carbocycles. The smallest absolute Gasteiger partial charge is 0.160 e. The number of aromatic nitrogens is 1. The zero-order valence-corrected chi connectivity index (χ0v) is 10.5. The molecule has 0 amide bonds. The number of para-hydroxylation sites is 1. The summed E-state index contributed by atoms with van der Waals surface area (Å²) in [5, 5.41) is 12.9. The minimum absolute atomic E-state index is 0.287. The summed E-state index contributed by atoms with van der Waals surface area (Å²) in [4.78, 5) is 4.17. The number of methoxy groups -OCH3 is 1. The van der Waals surface area contributed by atoms with E-state index in [1.165, 1.54) is 0 Å². The van der Waals surface area contributed by atoms with E-state index in [0.717, 1.165) is 16.9 Å². The highest BCUT2D eigenvalue weighted by Crippen LogP contribution is 2.25. The van der Waals surface area contributed by atoms with Gasteiger partial charge in [0.1, 0.15) is 5.75 Å². The van der Waals surface area contributed by atoms with Crippen molar-refractivity contribution in [2.75, 3.05) is 12.4 Å². The maximum absolute atomic E-state index is 9.69. The first-order valence-corrected chi connectivity index (χ1v) is 5.72. The minimum Gasteiger partial charge on any atom is -0.508 e. The van der Waals surface area contributed by atoms with Crippen LogP contribution in [-0.4, -0.2) is 17.2 Å². The number of ether oxygens (including phenoxy) is 1. The fourth-order valence-corrected chi connectivity index (χ4v) is 1.70. The van der Waals surface area contributed by atoms with E-state index in [0.29, 0.717) is 12.3 Å². The lowest BCUT2D eigenvalue weighted by molar-refractivity contribution is 0.414. The number of hydrogen-bond acceptors (Lipinski definition) is 4. The number of aromatic hydroxyl groups is 1. The van der Waals surface area contributed by atoms with Crippen LogP contribution in [0.2, 0.25) is 0 Å². The second-order valence-corrected chi connectivity index (χ2v) is 4.01. The highest BCUT2D eigenvalue weighted by Gasteiger charge is 2.05. The predicted molar refractivity (Wildman–Crippen MR) is 71.0 cm³/mol. The van der Waals surface area contributed by atoms with E-state index >= 15 is 0 Å². The molecule has 0 aliphatic rings. The van der Waals surface area contributed by atoms with Crippen LogP contribution in [0.15, 0.2) is 36.5 Å². The van der Waals surface area contributed by atoms with Crippen LogP contribution in [0, 0.1) is 6.92 Å². The van der Waals surface area contributed by atoms with Crippen LogP contribution >= 0.6 is 0 Å². The lowest BCUT2D eigenvalue weighted by Crippen LogP contribution is -2.02. The highest BCUT2D eigenvalue weighted by molar-refractivity contribution is 5.56. The molecule has 1 heterocycles. The average molecular weight is 244 g/mol. The zero-order chi connectivity index (χ0) is 13.0. The summed E-state index contributed by atoms with van der Waals surface area (Å²) in [5.41, 5.74) is 2.62. The van der Waals surface area contributed by atoms with Gasteiger partial charge in [0.25, 0.3) is 0 Å². The summed E-state index contributed by atoms with van der Waals surface area (Å²) < 4.78 is 5.23. The molecule has 18 heavy (non-hydrogen) atoms. The zero-order valence-electron chi connectivity index (χ0n) is 10.5. The molecule has 2 rings (SSSR count). The topological polar surface area (TPSA) is 54.4 Å². The van der Waals surface area contributed by atoms with Gasteiger partial charge < -0.3 is 15.2 Å². The Labute approximate surface area is 106 Å². The number of phenols is 1. The molecule has 0 unspecified atom stereocenters. The summed E-state index contributed by atoms with van der Waals surface area (Å²) in [7, 11) is 1.61. The maximum Gasteiger partial charge on any atom is 0.160 e. The van der Waals surface area contributed by atoms with Crippen molar-refractivity contribution in [3.8, 4) is 11.5 Å². The number of anilines is 1. The summed E-state index contributed by atoms with van der Waals surface area (Å²) >= 11 is 0. The van der Waals surface area contributed by atoms with Gasteiger partial charge >= 0.3 is 0 Å². The van der Waals surface area contributed by atoms with Gasteiger partial charge in [0.15, 0.2) is 5.75 Å². The van der Waals surface area contributed by atoms with Gasteiger partial charge in [-0.2, -0.15) is 0 Å². The van der Waals surface area contributed by atoms with Crippen LogP contribution < -0.4 is 10.1 Å². The lowest BCUT2D eigenvalue weighted by Gasteiger charge is -2.12. The molecule has 2 N–H and O–H groups in total. The van der Waals surface area contributed by atoms with Crippen molar-refractivity contribution in [1.82, 2.24) is 4.98 Å². The second kappa shape index (κ2) is 5.40. The predicted octanol–water partition coefficient (Wildman–Crippen LogP) is 2.72. The van der Waals surface area contributed by atoms with E-state index < -0.39 is 0 Å². The molecule has 1 aromatic heterocycles. The summed E-state index contributed by atoms with van der Waals surface area (Å²) in [6.45, 7) is 2.46. The van der Waals surface area contributed by atoms with Crippen LogP contribution in [0.25, 0.3) is 0 Å². The maximum atomic E-state index is 9.69. The van der Waals surface area contributed by atoms with E-state index in [4.69, 9.17) is 4.74 Å². The molecule has 94 valence electrons. The number of pyridine rings is 1. The molecule has 0 aliphatic carbocycles. The normalized spacial score (nSPS) is 10.1. The first kappa shape index (κ1) is 12.2. The highest BCUT2D eigenvalue weighted by atomic mass is 16.5. The Balaban J connectivity index is 2.15. The summed E-state index contributed by atoms with van der Waals surface area (Å²) in [6.07, 6.45) is 1.68. The molecule has 4 nitrogen and oxygen atoms in total. The summed E-state index contributed by atoms with van der Waals surface area (Å²) in [5.74, 6) is 0.978. The monoisotopic (exact) mass is 244 g/mol. The Hall–Kier alpha value is -2.23. The Morgan fingerprint density at radius 2 is 2.11 bits per heavy atom. The van der Waals surface area contributed by atoms with Crippen LogP contribution in [0.1, 0.15) is 11.3 Å². The van der Waals surface area contributed by atoms with Gasteiger partial charge in [0.05, 0.1) is 19.0 Å². The Morgan fingerprint density at radius 1 is 1.33 bits per heavy atom. The standard InChI is InChI=1S/C14H16N2O2/c1-10-7-12(14(18-2)9-15-10)16-8-11-5-3-4-6-13(11)17/h3-7,9,17H,8H2,1-2H3,(H,15,16). The van der Waals surface area contributed by atoms with Crippen molar-refractivity contribution in [2.24, 2.45) is 0 Å². The van der Waals surface area contributed by atoms with Crippen LogP contribution in [-0.2, 0) is 6.54 Å². The quantitative estimate of drug-likeness (QED) is 0.868. The largest absolute Gasteiger partial charge is 0.508 e. The molecule has 0 fully saturated rings. The number of aryl methyl sites for hydroxylation is 1. The first-order chi connectivity index (χ1) is 8.70. The fourth-order valence-electron chi connectivity index (χ4n) is 1.70. The Morgan fingerprint density at radius 3 is 2.83 bits per heavy atom. The van der Waals surface area contributed by atoms with Crippen LogP contribution in [0.5, 0.6) is 11.5 Å². The minimum atomic E-state index is 0.287. The van der Waals surface area contributed by atoms with E-state index in [1.54, 1.807) is 25.4 Å². The van der Waals surface area contributed by atoms with Crippen molar-refractivity contribution in [3.05, 3.63) is 47.8 Å². The number of nitrogens with zero attached hydrogens (tertiary/aromatic N) is 1. The number of phenolic OH excluding ortho intramolecular Hbond substituents is 1. The molecule has 0 saturated heterocycles. The third-order valence-corrected chi connectivity index (χ3v) is 2.68. The van der Waals surface area contributed by atoms with Gasteiger partial charge in [-0.15, -0.1) is 0 Å². The van der Waals surface area contributed by atoms with Gasteiger partial charge in [-0.1, -0.05) is 18.2 Å². The molecule has 0 atom stereocenters. The summed E-state index contributed by atoms with van der Waals surface area (Å²) in [6, 6.07) is 9.16. The van der Waals surface area contributed by atoms with Crippen molar-refractivity contribution < 1.29 is 9.84 Å². The molecule has 1 aromatic carbocycles. The number of nitrogens with one attached hydrogen (secondary N) is 1. The Kier molecular flexibility index (Phi) is 3.67. The van der Waals surface area contributed by atoms with E-state index in [-0.39, 0.29) is 5.75 Å². The van der Waals surface area contributed by atoms with Crippen LogP contribution in [0.4, 0.5) is 5.69 Å². The lowest BCUT2D eigenvalue weighted by atomic mass is 10.2. The average Bonchev–Trinajstić information content (AvgIpc) is 2.38. The molecule has 0 aliphatic heterocycles. The fraction of sp³-hybridized carbons (Fsp3) is 0.214. The van der Waals surface area contributed by atoms with E-state index in [1.807, 2.05) is 25.1 Å². The molecule has 0 spiro atoms. The molecule has 4 heteroatoms. The third-order valence-electron chi connectivity index (χ3n) is 2.68. The van der Waals surface area contributed by atoms with Crippen molar-refractivity contribution in [3.63, 3.8) is 0 Å². The van der Waals surface area contributed by atoms with Gasteiger partial charge in [0, 0.05) is 17.8 Å². The molecule has 0 bridgehead atoms. The van der Waals surface area contributed by atoms with Gasteiger partial charge in [0.2, 0.25) is 0 Å². The van der Waals surface area contributed by atoms with Gasteiger partial charge in [-0.3, -0.25) is 4.98 Å². The number of rotatable bonds is 4. The van der Waals surface area contributed by atoms with Gasteiger partial charge in [-0.05, 0) is 19.1 Å².